The van der Waals surface area contributed by atoms with Crippen molar-refractivity contribution < 1.29 is 22.5 Å². The van der Waals surface area contributed by atoms with Gasteiger partial charge >= 0.3 is 0 Å². The number of nitrogens with one attached hydrogen (secondary N) is 1. The largest absolute Gasteiger partial charge is 0.379 e. The van der Waals surface area contributed by atoms with Gasteiger partial charge in [-0.05, 0) is 37.7 Å². The van der Waals surface area contributed by atoms with Gasteiger partial charge in [-0.15, -0.1) is 0 Å². The van der Waals surface area contributed by atoms with E-state index < -0.39 is 10.0 Å². The van der Waals surface area contributed by atoms with Crippen molar-refractivity contribution in [3.8, 4) is 0 Å². The summed E-state index contributed by atoms with van der Waals surface area (Å²) < 4.78 is 39.2. The average Bonchev–Trinajstić information content (AvgIpc) is 3.60. The Bertz CT molecular complexity index is 1100. The van der Waals surface area contributed by atoms with Gasteiger partial charge in [0.05, 0.1) is 19.0 Å². The number of aromatic nitrogens is 1. The maximum atomic E-state index is 13.4. The second-order valence-corrected chi connectivity index (χ2v) is 11.8. The lowest BCUT2D eigenvalue weighted by atomic mass is 9.94. The van der Waals surface area contributed by atoms with E-state index in [2.05, 4.69) is 15.4 Å². The summed E-state index contributed by atoms with van der Waals surface area (Å²) in [6.45, 7) is 3.73. The summed E-state index contributed by atoms with van der Waals surface area (Å²) in [7, 11) is -3.44. The van der Waals surface area contributed by atoms with Crippen LogP contribution in [-0.4, -0.2) is 85.9 Å². The lowest BCUT2D eigenvalue weighted by Crippen LogP contribution is -2.54. The number of hydrogen-bond acceptors (Lipinski definition) is 7. The lowest BCUT2D eigenvalue weighted by Gasteiger charge is -2.39. The fourth-order valence-corrected chi connectivity index (χ4v) is 6.72. The molecule has 35 heavy (non-hydrogen) atoms. The number of amides is 1. The highest BCUT2D eigenvalue weighted by molar-refractivity contribution is 7.89. The Hall–Kier alpha value is -2.27. The topological polar surface area (TPSA) is 105 Å². The Morgan fingerprint density at radius 1 is 1.09 bits per heavy atom. The quantitative estimate of drug-likeness (QED) is 0.559. The number of rotatable bonds is 9. The van der Waals surface area contributed by atoms with Crippen molar-refractivity contribution in [1.29, 1.82) is 0 Å². The van der Waals surface area contributed by atoms with Crippen molar-refractivity contribution in [1.82, 2.24) is 19.7 Å². The molecule has 1 saturated carbocycles. The molecule has 0 radical (unpaired) electrons. The maximum Gasteiger partial charge on any atom is 0.273 e. The Labute approximate surface area is 206 Å². The first-order chi connectivity index (χ1) is 17.0. The predicted molar refractivity (Wildman–Crippen MR) is 131 cm³/mol. The molecule has 0 spiro atoms. The molecular formula is C25H34N4O5S. The predicted octanol–water partition coefficient (Wildman–Crippen LogP) is 2.02. The molecule has 1 aromatic heterocycles. The third-order valence-corrected chi connectivity index (χ3v) is 9.07. The molecule has 9 nitrogen and oxygen atoms in total. The maximum absolute atomic E-state index is 13.4. The van der Waals surface area contributed by atoms with E-state index in [1.54, 1.807) is 10.4 Å². The van der Waals surface area contributed by atoms with Gasteiger partial charge in [0.1, 0.15) is 5.76 Å². The summed E-state index contributed by atoms with van der Waals surface area (Å²) in [5, 5.41) is 7.02. The molecule has 190 valence electrons. The van der Waals surface area contributed by atoms with Gasteiger partial charge in [-0.1, -0.05) is 35.5 Å². The molecular weight excluding hydrogens is 468 g/mol. The molecule has 3 fully saturated rings. The number of carbonyl (C=O) groups is 1. The van der Waals surface area contributed by atoms with E-state index in [1.165, 1.54) is 0 Å². The number of morpholine rings is 1. The molecule has 3 heterocycles. The van der Waals surface area contributed by atoms with Crippen LogP contribution in [0.1, 0.15) is 53.4 Å². The highest BCUT2D eigenvalue weighted by atomic mass is 32.2. The number of nitrogens with zero attached hydrogens (tertiary/aromatic N) is 3. The standard InChI is InChI=1S/C25H34N4O5S/c30-25(23-18-24(34-27-23)20-6-7-20)26-21-8-9-29(22(17-21)16-19-4-2-1-3-5-19)35(31,32)15-12-28-10-13-33-14-11-28/h1-5,18,20-22H,6-17H2,(H,26,30)/t21-,22+/m1/s1. The molecule has 2 aromatic rings. The summed E-state index contributed by atoms with van der Waals surface area (Å²) in [5.74, 6) is 1.01. The summed E-state index contributed by atoms with van der Waals surface area (Å²) in [6.07, 6.45) is 3.90. The van der Waals surface area contributed by atoms with Gasteiger partial charge in [-0.25, -0.2) is 8.42 Å². The molecule has 0 bridgehead atoms. The fourth-order valence-electron chi connectivity index (χ4n) is 5.00. The first-order valence-electron chi connectivity index (χ1n) is 12.6. The molecule has 10 heteroatoms. The van der Waals surface area contributed by atoms with E-state index in [0.717, 1.165) is 37.3 Å². The number of benzene rings is 1. The van der Waals surface area contributed by atoms with E-state index in [9.17, 15) is 13.2 Å². The molecule has 2 saturated heterocycles. The van der Waals surface area contributed by atoms with Gasteiger partial charge < -0.3 is 14.6 Å². The van der Waals surface area contributed by atoms with E-state index in [4.69, 9.17) is 9.26 Å². The fraction of sp³-hybridized carbons (Fsp3) is 0.600. The van der Waals surface area contributed by atoms with Gasteiger partial charge in [-0.3, -0.25) is 9.69 Å². The van der Waals surface area contributed by atoms with Crippen LogP contribution in [0, 0.1) is 0 Å². The summed E-state index contributed by atoms with van der Waals surface area (Å²) in [4.78, 5) is 15.0. The number of ether oxygens (including phenoxy) is 1. The molecule has 1 N–H and O–H groups in total. The number of sulfonamides is 1. The van der Waals surface area contributed by atoms with Gasteiger partial charge in [0, 0.05) is 50.2 Å². The van der Waals surface area contributed by atoms with Crippen LogP contribution in [0.4, 0.5) is 0 Å². The summed E-state index contributed by atoms with van der Waals surface area (Å²) in [6, 6.07) is 11.3. The number of piperidine rings is 1. The first kappa shape index (κ1) is 24.4. The minimum absolute atomic E-state index is 0.0954. The number of carbonyl (C=O) groups excluding carboxylic acids is 1. The van der Waals surface area contributed by atoms with Crippen LogP contribution in [0.3, 0.4) is 0 Å². The summed E-state index contributed by atoms with van der Waals surface area (Å²) >= 11 is 0. The Balaban J connectivity index is 1.25. The molecule has 1 amide bonds. The van der Waals surface area contributed by atoms with Gasteiger partial charge in [0.15, 0.2) is 5.69 Å². The van der Waals surface area contributed by atoms with Crippen LogP contribution in [0.15, 0.2) is 40.9 Å². The zero-order chi connectivity index (χ0) is 24.3. The van der Waals surface area contributed by atoms with Gasteiger partial charge in [0.2, 0.25) is 10.0 Å². The second kappa shape index (κ2) is 10.8. The first-order valence-corrected chi connectivity index (χ1v) is 14.2. The molecule has 1 aliphatic carbocycles. The van der Waals surface area contributed by atoms with E-state index in [0.29, 0.717) is 57.2 Å². The highest BCUT2D eigenvalue weighted by Crippen LogP contribution is 2.40. The van der Waals surface area contributed by atoms with Crippen molar-refractivity contribution in [2.75, 3.05) is 45.1 Å². The van der Waals surface area contributed by atoms with Crippen LogP contribution in [0.2, 0.25) is 0 Å². The molecule has 0 unspecified atom stereocenters. The lowest BCUT2D eigenvalue weighted by molar-refractivity contribution is 0.0406. The third-order valence-electron chi connectivity index (χ3n) is 7.18. The third kappa shape index (κ3) is 6.30. The van der Waals surface area contributed by atoms with Crippen LogP contribution in [-0.2, 0) is 21.2 Å². The molecule has 5 rings (SSSR count). The van der Waals surface area contributed by atoms with E-state index in [1.807, 2.05) is 30.3 Å². The number of hydrogen-bond donors (Lipinski definition) is 1. The Kier molecular flexibility index (Phi) is 7.52. The van der Waals surface area contributed by atoms with Crippen molar-refractivity contribution in [3.63, 3.8) is 0 Å². The van der Waals surface area contributed by atoms with Gasteiger partial charge in [0.25, 0.3) is 5.91 Å². The van der Waals surface area contributed by atoms with Crippen LogP contribution < -0.4 is 5.32 Å². The molecule has 1 aromatic carbocycles. The minimum atomic E-state index is -3.44. The minimum Gasteiger partial charge on any atom is -0.379 e. The smallest absolute Gasteiger partial charge is 0.273 e. The van der Waals surface area contributed by atoms with Crippen LogP contribution in [0.5, 0.6) is 0 Å². The SMILES string of the molecule is O=C(N[C@@H]1CCN(S(=O)(=O)CCN2CCOCC2)[C@@H](Cc2ccccc2)C1)c1cc(C2CC2)on1. The van der Waals surface area contributed by atoms with Crippen molar-refractivity contribution in [2.45, 2.75) is 50.1 Å². The Morgan fingerprint density at radius 3 is 2.60 bits per heavy atom. The van der Waals surface area contributed by atoms with Crippen LogP contribution >= 0.6 is 0 Å². The normalized spacial score (nSPS) is 24.3. The van der Waals surface area contributed by atoms with Crippen molar-refractivity contribution >= 4 is 15.9 Å². The van der Waals surface area contributed by atoms with Crippen molar-refractivity contribution in [2.24, 2.45) is 0 Å². The molecule has 3 aliphatic rings. The molecule has 2 aliphatic heterocycles. The van der Waals surface area contributed by atoms with Crippen LogP contribution in [0.25, 0.3) is 0 Å². The second-order valence-electron chi connectivity index (χ2n) is 9.81. The Morgan fingerprint density at radius 2 is 1.86 bits per heavy atom. The van der Waals surface area contributed by atoms with Crippen molar-refractivity contribution in [3.05, 3.63) is 53.4 Å². The molecule has 2 atom stereocenters. The highest BCUT2D eigenvalue weighted by Gasteiger charge is 2.37. The van der Waals surface area contributed by atoms with E-state index in [-0.39, 0.29) is 23.7 Å². The monoisotopic (exact) mass is 502 g/mol. The average molecular weight is 503 g/mol. The van der Waals surface area contributed by atoms with E-state index >= 15 is 0 Å². The van der Waals surface area contributed by atoms with Gasteiger partial charge in [-0.2, -0.15) is 4.31 Å². The zero-order valence-corrected chi connectivity index (χ0v) is 20.8. The summed E-state index contributed by atoms with van der Waals surface area (Å²) in [5.41, 5.74) is 1.38. The zero-order valence-electron chi connectivity index (χ0n) is 20.0.